The molecule has 9 nitrogen and oxygen atoms in total. The Morgan fingerprint density at radius 3 is 2.16 bits per heavy atom. The summed E-state index contributed by atoms with van der Waals surface area (Å²) < 4.78 is 16.9. The molecule has 0 amide bonds. The van der Waals surface area contributed by atoms with Gasteiger partial charge in [0, 0.05) is 12.0 Å². The van der Waals surface area contributed by atoms with Crippen molar-refractivity contribution in [3.05, 3.63) is 46.6 Å². The van der Waals surface area contributed by atoms with E-state index in [0.717, 1.165) is 5.57 Å². The number of carbonyl (C=O) groups is 1. The Bertz CT molecular complexity index is 981. The monoisotopic (exact) mass is 446 g/mol. The summed E-state index contributed by atoms with van der Waals surface area (Å²) in [5.41, 5.74) is 1.31. The van der Waals surface area contributed by atoms with Crippen molar-refractivity contribution in [2.24, 2.45) is 10.3 Å². The van der Waals surface area contributed by atoms with Crippen LogP contribution in [0, 0.1) is 0 Å². The fourth-order valence-electron chi connectivity index (χ4n) is 3.40. The van der Waals surface area contributed by atoms with E-state index >= 15 is 0 Å². The van der Waals surface area contributed by atoms with Gasteiger partial charge >= 0.3 is 5.97 Å². The first kappa shape index (κ1) is 24.9. The van der Waals surface area contributed by atoms with Crippen molar-refractivity contribution in [1.82, 2.24) is 0 Å². The number of fused-ring (bicyclic) bond motifs is 1. The maximum atomic E-state index is 12.5. The molecule has 0 unspecified atom stereocenters. The van der Waals surface area contributed by atoms with Gasteiger partial charge in [-0.3, -0.25) is 4.79 Å². The molecular weight excluding hydrogens is 416 g/mol. The molecule has 3 N–H and O–H groups in total. The number of allylic oxidation sites excluding steroid dienone is 3. The zero-order valence-electron chi connectivity index (χ0n) is 19.2. The van der Waals surface area contributed by atoms with Crippen molar-refractivity contribution in [3.8, 4) is 11.5 Å². The first-order valence-corrected chi connectivity index (χ1v) is 10.0. The van der Waals surface area contributed by atoms with E-state index in [1.165, 1.54) is 40.2 Å². The Morgan fingerprint density at radius 1 is 1.09 bits per heavy atom. The summed E-state index contributed by atoms with van der Waals surface area (Å²) >= 11 is 0. The number of oxime groups is 2. The number of aliphatic hydroxyl groups is 1. The van der Waals surface area contributed by atoms with Crippen molar-refractivity contribution >= 4 is 17.4 Å². The molecule has 0 spiro atoms. The van der Waals surface area contributed by atoms with E-state index in [2.05, 4.69) is 10.3 Å². The Morgan fingerprint density at radius 2 is 1.69 bits per heavy atom. The molecule has 0 fully saturated rings. The van der Waals surface area contributed by atoms with Crippen LogP contribution in [0.25, 0.3) is 0 Å². The number of ether oxygens (including phenoxy) is 3. The number of rotatable bonds is 8. The van der Waals surface area contributed by atoms with Gasteiger partial charge < -0.3 is 29.7 Å². The number of methoxy groups -OCH3 is 2. The number of hydrogen-bond donors (Lipinski definition) is 3. The van der Waals surface area contributed by atoms with Crippen molar-refractivity contribution in [3.63, 3.8) is 0 Å². The van der Waals surface area contributed by atoms with Crippen molar-refractivity contribution < 1.29 is 34.5 Å². The molecule has 174 valence electrons. The topological polar surface area (TPSA) is 130 Å². The first-order chi connectivity index (χ1) is 15.1. The van der Waals surface area contributed by atoms with E-state index < -0.39 is 17.7 Å². The average Bonchev–Trinajstić information content (AvgIpc) is 2.73. The molecular formula is C23H30N2O7. The van der Waals surface area contributed by atoms with Gasteiger partial charge in [0.15, 0.2) is 0 Å². The predicted octanol–water partition coefficient (Wildman–Crippen LogP) is 3.73. The minimum atomic E-state index is -1.23. The van der Waals surface area contributed by atoms with Gasteiger partial charge in [0.2, 0.25) is 0 Å². The molecule has 0 saturated carbocycles. The summed E-state index contributed by atoms with van der Waals surface area (Å²) in [5.74, 6) is 0.00843. The molecule has 2 rings (SSSR count). The van der Waals surface area contributed by atoms with E-state index in [9.17, 15) is 20.3 Å². The van der Waals surface area contributed by atoms with Gasteiger partial charge in [0.25, 0.3) is 0 Å². The summed E-state index contributed by atoms with van der Waals surface area (Å²) in [4.78, 5) is 12.5. The van der Waals surface area contributed by atoms with Crippen LogP contribution in [0.4, 0.5) is 0 Å². The second kappa shape index (κ2) is 10.3. The molecule has 0 heterocycles. The zero-order valence-corrected chi connectivity index (χ0v) is 19.2. The Labute approximate surface area is 187 Å². The molecule has 0 aliphatic heterocycles. The van der Waals surface area contributed by atoms with Gasteiger partial charge in [-0.05, 0) is 45.9 Å². The molecule has 32 heavy (non-hydrogen) atoms. The lowest BCUT2D eigenvalue weighted by atomic mass is 9.88. The smallest absolute Gasteiger partial charge is 0.309 e. The standard InChI is InChI=1S/C23H30N2O7/c1-13(2)7-10-17(32-19(26)12-23(3,4)27)14-11-18(30-5)20-15(24-28)8-9-16(25-29)21(20)22(14)31-6/h7-9,11,17,27-29H,10,12H2,1-6H3/t17-/m0/s1. The van der Waals surface area contributed by atoms with Crippen LogP contribution in [-0.4, -0.2) is 52.7 Å². The van der Waals surface area contributed by atoms with Crippen LogP contribution in [0.3, 0.4) is 0 Å². The van der Waals surface area contributed by atoms with Crippen LogP contribution in [0.15, 0.2) is 40.2 Å². The third-order valence-corrected chi connectivity index (χ3v) is 4.76. The van der Waals surface area contributed by atoms with E-state index in [4.69, 9.17) is 14.2 Å². The summed E-state index contributed by atoms with van der Waals surface area (Å²) in [6, 6.07) is 1.64. The lowest BCUT2D eigenvalue weighted by Gasteiger charge is -2.26. The van der Waals surface area contributed by atoms with Gasteiger partial charge in [-0.2, -0.15) is 0 Å². The molecule has 1 atom stereocenters. The maximum Gasteiger partial charge on any atom is 0.309 e. The number of carbonyl (C=O) groups excluding carboxylic acids is 1. The largest absolute Gasteiger partial charge is 0.496 e. The van der Waals surface area contributed by atoms with Gasteiger partial charge in [-0.1, -0.05) is 22.0 Å². The SMILES string of the molecule is COc1cc([C@H](CC=C(C)C)OC(=O)CC(C)(C)O)c(OC)c2c1C(=NO)C=CC2=NO. The Kier molecular flexibility index (Phi) is 8.04. The van der Waals surface area contributed by atoms with Gasteiger partial charge in [0.05, 0.1) is 37.4 Å². The van der Waals surface area contributed by atoms with E-state index in [0.29, 0.717) is 28.9 Å². The van der Waals surface area contributed by atoms with Crippen LogP contribution in [0.5, 0.6) is 11.5 Å². The highest BCUT2D eigenvalue weighted by Crippen LogP contribution is 2.42. The number of benzene rings is 1. The predicted molar refractivity (Wildman–Crippen MR) is 119 cm³/mol. The normalized spacial score (nSPS) is 16.5. The zero-order chi connectivity index (χ0) is 24.1. The third-order valence-electron chi connectivity index (χ3n) is 4.76. The molecule has 1 aliphatic carbocycles. The molecule has 0 saturated heterocycles. The lowest BCUT2D eigenvalue weighted by Crippen LogP contribution is -2.26. The van der Waals surface area contributed by atoms with Crippen LogP contribution in [0.2, 0.25) is 0 Å². The summed E-state index contributed by atoms with van der Waals surface area (Å²) in [5, 5.41) is 35.7. The molecule has 1 aromatic rings. The highest BCUT2D eigenvalue weighted by Gasteiger charge is 2.32. The highest BCUT2D eigenvalue weighted by atomic mass is 16.5. The molecule has 0 aromatic heterocycles. The summed E-state index contributed by atoms with van der Waals surface area (Å²) in [6.07, 6.45) is 4.21. The molecule has 9 heteroatoms. The van der Waals surface area contributed by atoms with Crippen LogP contribution in [0.1, 0.15) is 63.3 Å². The maximum absolute atomic E-state index is 12.5. The van der Waals surface area contributed by atoms with Crippen LogP contribution in [-0.2, 0) is 9.53 Å². The quantitative estimate of drug-likeness (QED) is 0.240. The second-order valence-electron chi connectivity index (χ2n) is 8.24. The van der Waals surface area contributed by atoms with Crippen molar-refractivity contribution in [2.75, 3.05) is 14.2 Å². The van der Waals surface area contributed by atoms with E-state index in [-0.39, 0.29) is 23.6 Å². The average molecular weight is 447 g/mol. The second-order valence-corrected chi connectivity index (χ2v) is 8.24. The highest BCUT2D eigenvalue weighted by molar-refractivity contribution is 6.27. The van der Waals surface area contributed by atoms with Gasteiger partial charge in [-0.15, -0.1) is 0 Å². The molecule has 1 aliphatic rings. The van der Waals surface area contributed by atoms with Crippen molar-refractivity contribution in [1.29, 1.82) is 0 Å². The fourth-order valence-corrected chi connectivity index (χ4v) is 3.40. The third kappa shape index (κ3) is 5.67. The van der Waals surface area contributed by atoms with Crippen LogP contribution >= 0.6 is 0 Å². The molecule has 0 radical (unpaired) electrons. The molecule has 1 aromatic carbocycles. The van der Waals surface area contributed by atoms with Gasteiger partial charge in [0.1, 0.15) is 29.0 Å². The summed E-state index contributed by atoms with van der Waals surface area (Å²) in [7, 11) is 2.88. The van der Waals surface area contributed by atoms with E-state index in [1.54, 1.807) is 6.07 Å². The van der Waals surface area contributed by atoms with Crippen LogP contribution < -0.4 is 9.47 Å². The van der Waals surface area contributed by atoms with Gasteiger partial charge in [-0.25, -0.2) is 0 Å². The number of hydrogen-bond acceptors (Lipinski definition) is 9. The Hall–Kier alpha value is -3.33. The Balaban J connectivity index is 2.73. The lowest BCUT2D eigenvalue weighted by molar-refractivity contribution is -0.153. The minimum Gasteiger partial charge on any atom is -0.496 e. The fraction of sp³-hybridized carbons (Fsp3) is 0.435. The van der Waals surface area contributed by atoms with E-state index in [1.807, 2.05) is 19.9 Å². The van der Waals surface area contributed by atoms with Crippen molar-refractivity contribution in [2.45, 2.75) is 52.2 Å². The summed E-state index contributed by atoms with van der Waals surface area (Å²) in [6.45, 7) is 6.89. The number of esters is 1. The minimum absolute atomic E-state index is 0.160. The number of nitrogens with zero attached hydrogens (tertiary/aromatic N) is 2. The molecule has 0 bridgehead atoms. The first-order valence-electron chi connectivity index (χ1n) is 10.0.